The Morgan fingerprint density at radius 2 is 1.77 bits per heavy atom. The maximum absolute atomic E-state index is 6.58. The van der Waals surface area contributed by atoms with Crippen LogP contribution >= 0.6 is 0 Å². The predicted molar refractivity (Wildman–Crippen MR) is 86.6 cm³/mol. The quantitative estimate of drug-likeness (QED) is 0.825. The molecule has 0 saturated carbocycles. The lowest BCUT2D eigenvalue weighted by atomic mass is 9.77. The highest BCUT2D eigenvalue weighted by Gasteiger charge is 2.52. The molecule has 0 aliphatic carbocycles. The Morgan fingerprint density at radius 1 is 1.05 bits per heavy atom. The summed E-state index contributed by atoms with van der Waals surface area (Å²) in [6.45, 7) is 4.23. The van der Waals surface area contributed by atoms with E-state index in [1.807, 2.05) is 0 Å². The fraction of sp³-hybridized carbons (Fsp3) is 0.400. The van der Waals surface area contributed by atoms with Gasteiger partial charge in [0.05, 0.1) is 11.7 Å². The minimum atomic E-state index is -0.624. The Hall–Kier alpha value is -1.64. The summed E-state index contributed by atoms with van der Waals surface area (Å²) < 4.78 is 12.8. The van der Waals surface area contributed by atoms with Crippen LogP contribution in [-0.2, 0) is 28.1 Å². The summed E-state index contributed by atoms with van der Waals surface area (Å²) in [5.41, 5.74) is 3.71. The molecule has 0 unspecified atom stereocenters. The molecule has 2 heteroatoms. The summed E-state index contributed by atoms with van der Waals surface area (Å²) in [5.74, 6) is -0.624. The number of hydrogen-bond donors (Lipinski definition) is 0. The molecule has 3 atom stereocenters. The summed E-state index contributed by atoms with van der Waals surface area (Å²) >= 11 is 0. The number of benzene rings is 2. The molecule has 1 fully saturated rings. The lowest BCUT2D eigenvalue weighted by molar-refractivity contribution is -0.355. The number of ether oxygens (including phenoxy) is 2. The highest BCUT2D eigenvalue weighted by Crippen LogP contribution is 2.48. The Bertz CT molecular complexity index is 681. The highest BCUT2D eigenvalue weighted by molar-refractivity contribution is 5.36. The van der Waals surface area contributed by atoms with E-state index in [-0.39, 0.29) is 11.7 Å². The molecule has 2 aromatic carbocycles. The van der Waals surface area contributed by atoms with Gasteiger partial charge in [-0.2, -0.15) is 0 Å². The molecular formula is C20H22O2. The first-order valence-electron chi connectivity index (χ1n) is 8.09. The topological polar surface area (TPSA) is 18.5 Å². The minimum absolute atomic E-state index is 0.165. The molecule has 114 valence electrons. The van der Waals surface area contributed by atoms with Gasteiger partial charge in [0.2, 0.25) is 0 Å². The Morgan fingerprint density at radius 3 is 2.59 bits per heavy atom. The van der Waals surface area contributed by atoms with Gasteiger partial charge in [0.15, 0.2) is 5.79 Å². The van der Waals surface area contributed by atoms with Crippen LogP contribution in [0.4, 0.5) is 0 Å². The van der Waals surface area contributed by atoms with Crippen LogP contribution in [0.5, 0.6) is 0 Å². The van der Waals surface area contributed by atoms with Gasteiger partial charge in [-0.3, -0.25) is 0 Å². The SMILES string of the molecule is C[C@@H]1C[C@@]2(Cc3ccccc3)Cc3ccccc3[C@@](C)(O1)O2. The van der Waals surface area contributed by atoms with Crippen molar-refractivity contribution < 1.29 is 9.47 Å². The van der Waals surface area contributed by atoms with Crippen molar-refractivity contribution in [3.8, 4) is 0 Å². The average molecular weight is 294 g/mol. The second kappa shape index (κ2) is 4.94. The molecule has 4 rings (SSSR count). The van der Waals surface area contributed by atoms with Gasteiger partial charge in [0, 0.05) is 24.8 Å². The van der Waals surface area contributed by atoms with Gasteiger partial charge >= 0.3 is 0 Å². The second-order valence-electron chi connectivity index (χ2n) is 6.86. The van der Waals surface area contributed by atoms with E-state index in [9.17, 15) is 0 Å². The van der Waals surface area contributed by atoms with Crippen molar-refractivity contribution >= 4 is 0 Å². The van der Waals surface area contributed by atoms with Gasteiger partial charge in [0.1, 0.15) is 0 Å². The Labute approximate surface area is 132 Å². The molecule has 1 saturated heterocycles. The summed E-state index contributed by atoms with van der Waals surface area (Å²) in [5, 5.41) is 0. The molecule has 2 aliphatic heterocycles. The second-order valence-corrected chi connectivity index (χ2v) is 6.86. The normalized spacial score (nSPS) is 33.3. The molecule has 2 aliphatic rings. The van der Waals surface area contributed by atoms with Crippen LogP contribution in [0.25, 0.3) is 0 Å². The summed E-state index contributed by atoms with van der Waals surface area (Å²) in [4.78, 5) is 0. The van der Waals surface area contributed by atoms with Crippen LogP contribution in [0.15, 0.2) is 54.6 Å². The van der Waals surface area contributed by atoms with Gasteiger partial charge in [-0.25, -0.2) is 0 Å². The largest absolute Gasteiger partial charge is 0.343 e. The molecule has 0 amide bonds. The maximum atomic E-state index is 6.58. The summed E-state index contributed by atoms with van der Waals surface area (Å²) in [6, 6.07) is 19.2. The molecular weight excluding hydrogens is 272 g/mol. The first-order chi connectivity index (χ1) is 10.6. The van der Waals surface area contributed by atoms with Crippen LogP contribution in [0.3, 0.4) is 0 Å². The van der Waals surface area contributed by atoms with Gasteiger partial charge < -0.3 is 9.47 Å². The van der Waals surface area contributed by atoms with E-state index in [1.54, 1.807) is 0 Å². The average Bonchev–Trinajstić information content (AvgIpc) is 2.46. The van der Waals surface area contributed by atoms with Gasteiger partial charge in [-0.15, -0.1) is 0 Å². The fourth-order valence-corrected chi connectivity index (χ4v) is 4.26. The monoisotopic (exact) mass is 294 g/mol. The fourth-order valence-electron chi connectivity index (χ4n) is 4.26. The smallest absolute Gasteiger partial charge is 0.193 e. The summed E-state index contributed by atoms with van der Waals surface area (Å²) in [6.07, 6.45) is 3.04. The van der Waals surface area contributed by atoms with Crippen molar-refractivity contribution in [2.45, 2.75) is 50.6 Å². The van der Waals surface area contributed by atoms with Crippen molar-refractivity contribution in [1.82, 2.24) is 0 Å². The zero-order valence-electron chi connectivity index (χ0n) is 13.2. The van der Waals surface area contributed by atoms with E-state index in [4.69, 9.17) is 9.47 Å². The van der Waals surface area contributed by atoms with Crippen molar-refractivity contribution in [3.05, 3.63) is 71.3 Å². The Kier molecular flexibility index (Phi) is 3.14. The standard InChI is InChI=1S/C20H22O2/c1-15-12-20(13-16-8-4-3-5-9-16)14-17-10-6-7-11-18(17)19(2,21-15)22-20/h3-11,15H,12-14H2,1-2H3/t15-,19+,20-/m1/s1. The van der Waals surface area contributed by atoms with Crippen molar-refractivity contribution in [2.24, 2.45) is 0 Å². The number of rotatable bonds is 2. The molecule has 2 heterocycles. The van der Waals surface area contributed by atoms with Gasteiger partial charge in [0.25, 0.3) is 0 Å². The number of hydrogen-bond acceptors (Lipinski definition) is 2. The zero-order valence-corrected chi connectivity index (χ0v) is 13.2. The van der Waals surface area contributed by atoms with Crippen LogP contribution < -0.4 is 0 Å². The van der Waals surface area contributed by atoms with Crippen molar-refractivity contribution in [1.29, 1.82) is 0 Å². The van der Waals surface area contributed by atoms with E-state index in [2.05, 4.69) is 68.4 Å². The van der Waals surface area contributed by atoms with E-state index in [0.29, 0.717) is 0 Å². The highest BCUT2D eigenvalue weighted by atomic mass is 16.7. The van der Waals surface area contributed by atoms with E-state index in [0.717, 1.165) is 19.3 Å². The zero-order chi connectivity index (χ0) is 15.2. The molecule has 0 spiro atoms. The van der Waals surface area contributed by atoms with Gasteiger partial charge in [-0.05, 0) is 25.0 Å². The third-order valence-corrected chi connectivity index (χ3v) is 4.89. The Balaban J connectivity index is 1.77. The van der Waals surface area contributed by atoms with Gasteiger partial charge in [-0.1, -0.05) is 54.6 Å². The third kappa shape index (κ3) is 2.27. The minimum Gasteiger partial charge on any atom is -0.343 e. The molecule has 0 radical (unpaired) electrons. The third-order valence-electron chi connectivity index (χ3n) is 4.89. The number of fused-ring (bicyclic) bond motifs is 4. The lowest BCUT2D eigenvalue weighted by Crippen LogP contribution is -2.57. The molecule has 2 nitrogen and oxygen atoms in total. The molecule has 22 heavy (non-hydrogen) atoms. The van der Waals surface area contributed by atoms with Crippen molar-refractivity contribution in [2.75, 3.05) is 0 Å². The first-order valence-corrected chi connectivity index (χ1v) is 8.09. The van der Waals surface area contributed by atoms with E-state index >= 15 is 0 Å². The molecule has 2 bridgehead atoms. The van der Waals surface area contributed by atoms with E-state index < -0.39 is 5.79 Å². The summed E-state index contributed by atoms with van der Waals surface area (Å²) in [7, 11) is 0. The molecule has 0 aromatic heterocycles. The predicted octanol–water partition coefficient (Wildman–Crippen LogP) is 4.22. The lowest BCUT2D eigenvalue weighted by Gasteiger charge is -2.53. The molecule has 0 N–H and O–H groups in total. The maximum Gasteiger partial charge on any atom is 0.193 e. The molecule has 2 aromatic rings. The first kappa shape index (κ1) is 14.0. The van der Waals surface area contributed by atoms with Crippen LogP contribution in [-0.4, -0.2) is 11.7 Å². The van der Waals surface area contributed by atoms with Crippen LogP contribution in [0.1, 0.15) is 37.0 Å². The van der Waals surface area contributed by atoms with E-state index in [1.165, 1.54) is 16.7 Å². The van der Waals surface area contributed by atoms with Crippen LogP contribution in [0, 0.1) is 0 Å². The van der Waals surface area contributed by atoms with Crippen molar-refractivity contribution in [3.63, 3.8) is 0 Å². The van der Waals surface area contributed by atoms with Crippen LogP contribution in [0.2, 0.25) is 0 Å².